The monoisotopic (exact) mass is 294 g/mol. The van der Waals surface area contributed by atoms with Gasteiger partial charge in [0.15, 0.2) is 12.1 Å². The molecule has 1 heterocycles. The molecule has 112 valence electrons. The Morgan fingerprint density at radius 1 is 1.25 bits per heavy atom. The van der Waals surface area contributed by atoms with Gasteiger partial charge in [-0.05, 0) is 19.3 Å². The third kappa shape index (κ3) is 7.02. The Kier molecular flexibility index (Phi) is 8.48. The van der Waals surface area contributed by atoms with Gasteiger partial charge in [-0.15, -0.1) is 6.58 Å². The first-order chi connectivity index (χ1) is 9.70. The number of nitriles is 1. The van der Waals surface area contributed by atoms with E-state index in [0.29, 0.717) is 3.89 Å². The van der Waals surface area contributed by atoms with Gasteiger partial charge in [-0.2, -0.15) is 5.26 Å². The lowest BCUT2D eigenvalue weighted by atomic mass is 10.1. The van der Waals surface area contributed by atoms with Crippen molar-refractivity contribution in [2.45, 2.75) is 51.4 Å². The van der Waals surface area contributed by atoms with Crippen molar-refractivity contribution in [3.8, 4) is 5.40 Å². The topological polar surface area (TPSA) is 27.0 Å². The molecule has 0 saturated carbocycles. The van der Waals surface area contributed by atoms with E-state index in [9.17, 15) is 0 Å². The van der Waals surface area contributed by atoms with Crippen molar-refractivity contribution in [3.05, 3.63) is 25.1 Å². The highest BCUT2D eigenvalue weighted by Crippen LogP contribution is 2.25. The summed E-state index contributed by atoms with van der Waals surface area (Å²) < 4.78 is 0.653. The summed E-state index contributed by atoms with van der Waals surface area (Å²) in [4.78, 5) is 2.33. The predicted molar refractivity (Wildman–Crippen MR) is 87.2 cm³/mol. The minimum Gasteiger partial charge on any atom is -0.325 e. The van der Waals surface area contributed by atoms with Crippen LogP contribution in [0.4, 0.5) is 0 Å². The molecule has 1 aliphatic heterocycles. The Labute approximate surface area is 128 Å². The predicted octanol–water partition coefficient (Wildman–Crippen LogP) is 4.61. The first kappa shape index (κ1) is 17.1. The van der Waals surface area contributed by atoms with E-state index in [2.05, 4.69) is 36.3 Å². The highest BCUT2D eigenvalue weighted by atomic mass is 32.2. The summed E-state index contributed by atoms with van der Waals surface area (Å²) >= 11 is 1.31. The number of hydrogen-bond acceptors (Lipinski definition) is 3. The summed E-state index contributed by atoms with van der Waals surface area (Å²) in [7, 11) is 2.08. The SMILES string of the molecule is C=CCCCCCCCCCN1C=C[N+](C)(SC#N)C1. The van der Waals surface area contributed by atoms with Gasteiger partial charge in [0.1, 0.15) is 6.20 Å². The summed E-state index contributed by atoms with van der Waals surface area (Å²) in [5.74, 6) is 0. The average Bonchev–Trinajstić information content (AvgIpc) is 2.79. The lowest BCUT2D eigenvalue weighted by Gasteiger charge is -2.23. The number of allylic oxidation sites excluding steroid dienone is 1. The van der Waals surface area contributed by atoms with Crippen LogP contribution in [0.2, 0.25) is 0 Å². The minimum absolute atomic E-state index is 0.653. The standard InChI is InChI=1S/C16H28N3S/c1-3-4-5-6-7-8-9-10-11-12-18-13-14-19(2,16-18)20-15-17/h3,13-14H,1,4-12,16H2,2H3/q+1. The molecule has 0 aromatic carbocycles. The lowest BCUT2D eigenvalue weighted by Crippen LogP contribution is -2.34. The van der Waals surface area contributed by atoms with Crippen LogP contribution in [0, 0.1) is 10.7 Å². The fraction of sp³-hybridized carbons (Fsp3) is 0.688. The van der Waals surface area contributed by atoms with Crippen LogP contribution in [-0.4, -0.2) is 29.0 Å². The Morgan fingerprint density at radius 2 is 1.90 bits per heavy atom. The highest BCUT2D eigenvalue weighted by Gasteiger charge is 2.28. The lowest BCUT2D eigenvalue weighted by molar-refractivity contribution is -0.718. The van der Waals surface area contributed by atoms with Crippen LogP contribution in [0.25, 0.3) is 0 Å². The van der Waals surface area contributed by atoms with Crippen molar-refractivity contribution >= 4 is 11.9 Å². The van der Waals surface area contributed by atoms with Gasteiger partial charge in [-0.3, -0.25) is 0 Å². The van der Waals surface area contributed by atoms with Crippen molar-refractivity contribution in [1.82, 2.24) is 4.90 Å². The molecule has 0 N–H and O–H groups in total. The summed E-state index contributed by atoms with van der Waals surface area (Å²) in [5.41, 5.74) is 0. The summed E-state index contributed by atoms with van der Waals surface area (Å²) in [6, 6.07) is 0. The molecule has 3 nitrogen and oxygen atoms in total. The summed E-state index contributed by atoms with van der Waals surface area (Å²) in [6.07, 6.45) is 16.7. The summed E-state index contributed by atoms with van der Waals surface area (Å²) in [5, 5.41) is 10.9. The maximum atomic E-state index is 8.77. The van der Waals surface area contributed by atoms with Crippen LogP contribution >= 0.6 is 11.9 Å². The number of rotatable bonds is 11. The molecule has 0 aromatic rings. The first-order valence-electron chi connectivity index (χ1n) is 7.67. The van der Waals surface area contributed by atoms with Crippen LogP contribution in [0.15, 0.2) is 25.1 Å². The van der Waals surface area contributed by atoms with E-state index in [1.807, 2.05) is 6.08 Å². The smallest absolute Gasteiger partial charge is 0.201 e. The second-order valence-corrected chi connectivity index (χ2v) is 6.86. The first-order valence-corrected chi connectivity index (χ1v) is 8.45. The molecule has 0 radical (unpaired) electrons. The molecule has 1 aliphatic rings. The van der Waals surface area contributed by atoms with E-state index in [1.165, 1.54) is 63.3 Å². The van der Waals surface area contributed by atoms with Gasteiger partial charge in [-0.25, -0.2) is 3.89 Å². The van der Waals surface area contributed by atoms with Gasteiger partial charge >= 0.3 is 0 Å². The Bertz CT molecular complexity index is 348. The van der Waals surface area contributed by atoms with Crippen molar-refractivity contribution in [2.75, 3.05) is 20.3 Å². The van der Waals surface area contributed by atoms with Crippen LogP contribution in [0.1, 0.15) is 51.4 Å². The third-order valence-electron chi connectivity index (χ3n) is 3.66. The number of hydrogen-bond donors (Lipinski definition) is 0. The molecule has 20 heavy (non-hydrogen) atoms. The van der Waals surface area contributed by atoms with E-state index in [0.717, 1.165) is 13.2 Å². The largest absolute Gasteiger partial charge is 0.325 e. The number of quaternary nitrogens is 1. The van der Waals surface area contributed by atoms with Gasteiger partial charge in [0.2, 0.25) is 11.9 Å². The van der Waals surface area contributed by atoms with Gasteiger partial charge in [0.05, 0.1) is 13.2 Å². The fourth-order valence-corrected chi connectivity index (χ4v) is 2.98. The molecule has 4 heteroatoms. The molecular formula is C16H28N3S+. The molecule has 0 amide bonds. The molecule has 0 bridgehead atoms. The van der Waals surface area contributed by atoms with Crippen molar-refractivity contribution in [2.24, 2.45) is 0 Å². The van der Waals surface area contributed by atoms with Crippen LogP contribution in [-0.2, 0) is 0 Å². The molecule has 0 aliphatic carbocycles. The van der Waals surface area contributed by atoms with E-state index < -0.39 is 0 Å². The normalized spacial score (nSPS) is 21.1. The van der Waals surface area contributed by atoms with Crippen molar-refractivity contribution < 1.29 is 3.89 Å². The van der Waals surface area contributed by atoms with Crippen LogP contribution < -0.4 is 0 Å². The van der Waals surface area contributed by atoms with E-state index in [1.54, 1.807) is 0 Å². The van der Waals surface area contributed by atoms with Gasteiger partial charge in [0.25, 0.3) is 0 Å². The molecule has 0 fully saturated rings. The van der Waals surface area contributed by atoms with Crippen LogP contribution in [0.5, 0.6) is 0 Å². The van der Waals surface area contributed by atoms with E-state index >= 15 is 0 Å². The van der Waals surface area contributed by atoms with Crippen LogP contribution in [0.3, 0.4) is 0 Å². The maximum absolute atomic E-state index is 8.77. The summed E-state index contributed by atoms with van der Waals surface area (Å²) in [6.45, 7) is 5.78. The molecule has 0 spiro atoms. The van der Waals surface area contributed by atoms with Gasteiger partial charge < -0.3 is 4.90 Å². The zero-order valence-electron chi connectivity index (χ0n) is 12.8. The van der Waals surface area contributed by atoms with Crippen molar-refractivity contribution in [1.29, 1.82) is 5.26 Å². The number of nitrogens with zero attached hydrogens (tertiary/aromatic N) is 3. The second kappa shape index (κ2) is 9.90. The number of thiocyanates is 1. The molecule has 1 rings (SSSR count). The quantitative estimate of drug-likeness (QED) is 0.183. The Hall–Kier alpha value is -0.920. The zero-order valence-corrected chi connectivity index (χ0v) is 13.6. The Balaban J connectivity index is 1.94. The zero-order chi connectivity index (χ0) is 14.7. The fourth-order valence-electron chi connectivity index (χ4n) is 2.48. The van der Waals surface area contributed by atoms with Gasteiger partial charge in [-0.1, -0.05) is 38.2 Å². The Morgan fingerprint density at radius 3 is 2.55 bits per heavy atom. The third-order valence-corrected chi connectivity index (χ3v) is 4.39. The molecule has 0 aromatic heterocycles. The molecule has 1 unspecified atom stereocenters. The second-order valence-electron chi connectivity index (χ2n) is 5.66. The molecular weight excluding hydrogens is 266 g/mol. The molecule has 1 atom stereocenters. The van der Waals surface area contributed by atoms with Gasteiger partial charge in [0, 0.05) is 6.54 Å². The molecule has 0 saturated heterocycles. The highest BCUT2D eigenvalue weighted by molar-refractivity contribution is 7.98. The van der Waals surface area contributed by atoms with Crippen molar-refractivity contribution in [3.63, 3.8) is 0 Å². The minimum atomic E-state index is 0.653. The maximum Gasteiger partial charge on any atom is 0.201 e. The average molecular weight is 294 g/mol. The van der Waals surface area contributed by atoms with E-state index in [4.69, 9.17) is 5.26 Å². The van der Waals surface area contributed by atoms with E-state index in [-0.39, 0.29) is 0 Å². The number of unbranched alkanes of at least 4 members (excludes halogenated alkanes) is 7.